The van der Waals surface area contributed by atoms with Crippen molar-refractivity contribution in [3.63, 3.8) is 0 Å². The molecule has 1 aromatic rings. The van der Waals surface area contributed by atoms with E-state index in [0.29, 0.717) is 10.6 Å². The zero-order valence-electron chi connectivity index (χ0n) is 7.53. The number of carbonyl (C=O) groups excluding carboxylic acids is 1. The van der Waals surface area contributed by atoms with Gasteiger partial charge in [-0.25, -0.2) is 4.79 Å². The molecule has 1 rings (SSSR count). The number of nitrogen functional groups attached to an aromatic ring is 1. The van der Waals surface area contributed by atoms with Gasteiger partial charge in [0.15, 0.2) is 0 Å². The molecule has 0 radical (unpaired) electrons. The summed E-state index contributed by atoms with van der Waals surface area (Å²) in [5.41, 5.74) is 5.90. The van der Waals surface area contributed by atoms with Crippen LogP contribution in [0.25, 0.3) is 0 Å². The maximum Gasteiger partial charge on any atom is 0.349 e. The number of hydrogen-bond donors (Lipinski definition) is 1. The van der Waals surface area contributed by atoms with Crippen molar-refractivity contribution in [1.82, 2.24) is 0 Å². The van der Waals surface area contributed by atoms with Crippen LogP contribution in [0.5, 0.6) is 0 Å². The van der Waals surface area contributed by atoms with Crippen molar-refractivity contribution in [1.29, 1.82) is 0 Å². The molecule has 0 aromatic carbocycles. The SMILES string of the molecule is COC(=O)c1sc(N)c(C)c1S(=O)[O-]. The predicted octanol–water partition coefficient (Wildman–Crippen LogP) is 0.663. The van der Waals surface area contributed by atoms with Crippen molar-refractivity contribution in [2.24, 2.45) is 0 Å². The largest absolute Gasteiger partial charge is 0.768 e. The maximum atomic E-state index is 11.2. The van der Waals surface area contributed by atoms with E-state index < -0.39 is 17.0 Å². The van der Waals surface area contributed by atoms with Gasteiger partial charge < -0.3 is 15.0 Å². The van der Waals surface area contributed by atoms with E-state index in [9.17, 15) is 13.6 Å². The molecule has 0 saturated carbocycles. The van der Waals surface area contributed by atoms with E-state index in [1.54, 1.807) is 6.92 Å². The fourth-order valence-electron chi connectivity index (χ4n) is 0.943. The summed E-state index contributed by atoms with van der Waals surface area (Å²) in [4.78, 5) is 11.1. The van der Waals surface area contributed by atoms with Gasteiger partial charge in [0, 0.05) is 0 Å². The lowest BCUT2D eigenvalue weighted by Crippen LogP contribution is -2.03. The fourth-order valence-corrected chi connectivity index (χ4v) is 2.82. The quantitative estimate of drug-likeness (QED) is 0.599. The minimum atomic E-state index is -2.47. The Hall–Kier alpha value is -0.920. The normalized spacial score (nSPS) is 12.5. The zero-order valence-corrected chi connectivity index (χ0v) is 9.16. The molecule has 0 bridgehead atoms. The maximum absolute atomic E-state index is 11.2. The molecule has 0 spiro atoms. The van der Waals surface area contributed by atoms with Crippen LogP contribution in [0, 0.1) is 6.92 Å². The Balaban J connectivity index is 3.36. The predicted molar refractivity (Wildman–Crippen MR) is 52.0 cm³/mol. The number of carbonyl (C=O) groups is 1. The van der Waals surface area contributed by atoms with Crippen molar-refractivity contribution in [3.05, 3.63) is 10.4 Å². The van der Waals surface area contributed by atoms with Crippen molar-refractivity contribution in [2.45, 2.75) is 11.8 Å². The van der Waals surface area contributed by atoms with Gasteiger partial charge in [-0.15, -0.1) is 11.3 Å². The lowest BCUT2D eigenvalue weighted by molar-refractivity contribution is 0.0602. The lowest BCUT2D eigenvalue weighted by Gasteiger charge is -2.06. The molecule has 2 N–H and O–H groups in total. The summed E-state index contributed by atoms with van der Waals surface area (Å²) in [5, 5.41) is 0.310. The van der Waals surface area contributed by atoms with Crippen molar-refractivity contribution in [2.75, 3.05) is 12.8 Å². The van der Waals surface area contributed by atoms with Crippen LogP contribution in [0.15, 0.2) is 4.90 Å². The highest BCUT2D eigenvalue weighted by Gasteiger charge is 2.20. The molecule has 0 aliphatic carbocycles. The van der Waals surface area contributed by atoms with E-state index in [-0.39, 0.29) is 9.77 Å². The molecule has 0 aliphatic rings. The average Bonchev–Trinajstić information content (AvgIpc) is 2.42. The second-order valence-corrected chi connectivity index (χ2v) is 4.41. The van der Waals surface area contributed by atoms with E-state index in [1.165, 1.54) is 7.11 Å². The Bertz CT molecular complexity index is 399. The molecule has 7 heteroatoms. The summed E-state index contributed by atoms with van der Waals surface area (Å²) in [7, 11) is 1.19. The Labute approximate surface area is 87.2 Å². The summed E-state index contributed by atoms with van der Waals surface area (Å²) in [5.74, 6) is -0.686. The fraction of sp³-hybridized carbons (Fsp3) is 0.286. The van der Waals surface area contributed by atoms with Crippen molar-refractivity contribution < 1.29 is 18.3 Å². The van der Waals surface area contributed by atoms with Gasteiger partial charge in [-0.3, -0.25) is 4.21 Å². The summed E-state index contributed by atoms with van der Waals surface area (Å²) in [6.45, 7) is 1.55. The van der Waals surface area contributed by atoms with Gasteiger partial charge in [-0.05, 0) is 23.6 Å². The van der Waals surface area contributed by atoms with E-state index in [4.69, 9.17) is 5.73 Å². The Morgan fingerprint density at radius 3 is 2.64 bits per heavy atom. The highest BCUT2D eigenvalue weighted by molar-refractivity contribution is 7.79. The van der Waals surface area contributed by atoms with E-state index in [0.717, 1.165) is 11.3 Å². The summed E-state index contributed by atoms with van der Waals surface area (Å²) in [6.07, 6.45) is 0. The van der Waals surface area contributed by atoms with Gasteiger partial charge in [-0.2, -0.15) is 0 Å². The molecule has 1 unspecified atom stereocenters. The van der Waals surface area contributed by atoms with E-state index in [2.05, 4.69) is 4.74 Å². The van der Waals surface area contributed by atoms with E-state index in [1.807, 2.05) is 0 Å². The molecule has 5 nitrogen and oxygen atoms in total. The first kappa shape index (κ1) is 11.2. The van der Waals surface area contributed by atoms with Gasteiger partial charge in [0.05, 0.1) is 17.0 Å². The second kappa shape index (κ2) is 4.07. The van der Waals surface area contributed by atoms with Gasteiger partial charge in [0.25, 0.3) is 0 Å². The van der Waals surface area contributed by atoms with E-state index >= 15 is 0 Å². The third kappa shape index (κ3) is 1.79. The molecule has 0 saturated heterocycles. The third-order valence-electron chi connectivity index (χ3n) is 1.67. The number of ether oxygens (including phenoxy) is 1. The Morgan fingerprint density at radius 2 is 2.21 bits per heavy atom. The lowest BCUT2D eigenvalue weighted by atomic mass is 10.3. The van der Waals surface area contributed by atoms with Crippen LogP contribution in [0.1, 0.15) is 15.2 Å². The molecule has 0 aliphatic heterocycles. The third-order valence-corrected chi connectivity index (χ3v) is 3.74. The number of hydrogen-bond acceptors (Lipinski definition) is 6. The van der Waals surface area contributed by atoms with Crippen LogP contribution >= 0.6 is 11.3 Å². The molecule has 1 heterocycles. The highest BCUT2D eigenvalue weighted by Crippen LogP contribution is 2.32. The second-order valence-electron chi connectivity index (χ2n) is 2.48. The highest BCUT2D eigenvalue weighted by atomic mass is 32.2. The number of rotatable bonds is 2. The molecule has 0 fully saturated rings. The van der Waals surface area contributed by atoms with Crippen LogP contribution in [0.2, 0.25) is 0 Å². The van der Waals surface area contributed by atoms with Gasteiger partial charge in [-0.1, -0.05) is 0 Å². The van der Waals surface area contributed by atoms with Gasteiger partial charge in [0.1, 0.15) is 4.88 Å². The minimum Gasteiger partial charge on any atom is -0.768 e. The molecular weight excluding hydrogens is 226 g/mol. The number of thiophene rings is 1. The van der Waals surface area contributed by atoms with Crippen LogP contribution in [-0.4, -0.2) is 21.8 Å². The summed E-state index contributed by atoms with van der Waals surface area (Å²) in [6, 6.07) is 0. The first-order valence-corrected chi connectivity index (χ1v) is 5.44. The number of anilines is 1. The Kier molecular flexibility index (Phi) is 3.25. The molecule has 1 aromatic heterocycles. The number of methoxy groups -OCH3 is 1. The van der Waals surface area contributed by atoms with Crippen LogP contribution in [0.3, 0.4) is 0 Å². The first-order valence-electron chi connectivity index (χ1n) is 3.55. The van der Waals surface area contributed by atoms with Gasteiger partial charge >= 0.3 is 5.97 Å². The molecule has 78 valence electrons. The minimum absolute atomic E-state index is 0.0239. The standard InChI is InChI=1S/C7H9NO4S2/c1-3-5(14(10)11)4(7(9)12-2)13-6(3)8/h8H2,1-2H3,(H,10,11)/p-1. The van der Waals surface area contributed by atoms with Crippen molar-refractivity contribution >= 4 is 33.4 Å². The molecule has 1 atom stereocenters. The van der Waals surface area contributed by atoms with Crippen LogP contribution in [-0.2, 0) is 15.8 Å². The van der Waals surface area contributed by atoms with Gasteiger partial charge in [0.2, 0.25) is 0 Å². The van der Waals surface area contributed by atoms with Crippen LogP contribution in [0.4, 0.5) is 5.00 Å². The summed E-state index contributed by atoms with van der Waals surface area (Å²) >= 11 is -1.56. The molecule has 14 heavy (non-hydrogen) atoms. The first-order chi connectivity index (χ1) is 6.49. The van der Waals surface area contributed by atoms with Crippen LogP contribution < -0.4 is 5.73 Å². The average molecular weight is 234 g/mol. The smallest absolute Gasteiger partial charge is 0.349 e. The number of nitrogens with two attached hydrogens (primary N) is 1. The topological polar surface area (TPSA) is 92.5 Å². The zero-order chi connectivity index (χ0) is 10.9. The number of esters is 1. The monoisotopic (exact) mass is 234 g/mol. The van der Waals surface area contributed by atoms with Crippen molar-refractivity contribution in [3.8, 4) is 0 Å². The Morgan fingerprint density at radius 1 is 1.64 bits per heavy atom. The molecule has 0 amide bonds. The summed E-state index contributed by atoms with van der Waals surface area (Å²) < 4.78 is 26.1. The molecular formula is C7H8NO4S2-.